The molecule has 2 aromatic carbocycles. The molecular formula is C24H25NO6. The van der Waals surface area contributed by atoms with E-state index in [0.717, 1.165) is 0 Å². The van der Waals surface area contributed by atoms with Crippen molar-refractivity contribution in [1.29, 1.82) is 0 Å². The number of aliphatic hydroxyl groups is 1. The summed E-state index contributed by atoms with van der Waals surface area (Å²) in [7, 11) is 1.55. The molecule has 0 radical (unpaired) electrons. The number of ketones is 1. The maximum absolute atomic E-state index is 12.9. The van der Waals surface area contributed by atoms with E-state index >= 15 is 0 Å². The summed E-state index contributed by atoms with van der Waals surface area (Å²) in [6, 6.07) is 14.9. The molecule has 162 valence electrons. The quantitative estimate of drug-likeness (QED) is 0.275. The van der Waals surface area contributed by atoms with E-state index in [1.165, 1.54) is 4.90 Å². The predicted octanol–water partition coefficient (Wildman–Crippen LogP) is 3.76. The molecule has 1 aliphatic heterocycles. The largest absolute Gasteiger partial charge is 0.507 e. The summed E-state index contributed by atoms with van der Waals surface area (Å²) in [5.74, 6) is -1.84. The highest BCUT2D eigenvalue weighted by Gasteiger charge is 2.45. The Labute approximate surface area is 180 Å². The Morgan fingerprint density at radius 1 is 0.968 bits per heavy atom. The summed E-state index contributed by atoms with van der Waals surface area (Å²) < 4.78 is 5.20. The van der Waals surface area contributed by atoms with Crippen LogP contribution < -0.4 is 4.74 Å². The van der Waals surface area contributed by atoms with E-state index in [9.17, 15) is 19.5 Å². The number of Topliss-reactive ketones (excluding diaryl/α,β-unsaturated/α-hetero) is 1. The van der Waals surface area contributed by atoms with Crippen molar-refractivity contribution in [2.75, 3.05) is 13.7 Å². The number of aliphatic hydroxyl groups excluding tert-OH is 1. The molecule has 1 heterocycles. The number of amides is 1. The Bertz CT molecular complexity index is 981. The molecule has 7 nitrogen and oxygen atoms in total. The lowest BCUT2D eigenvalue weighted by Crippen LogP contribution is -2.30. The Morgan fingerprint density at radius 3 is 2.26 bits per heavy atom. The maximum Gasteiger partial charge on any atom is 0.303 e. The summed E-state index contributed by atoms with van der Waals surface area (Å²) in [6.07, 6.45) is 1.73. The first-order chi connectivity index (χ1) is 14.9. The fourth-order valence-corrected chi connectivity index (χ4v) is 3.73. The first-order valence-corrected chi connectivity index (χ1v) is 10.1. The van der Waals surface area contributed by atoms with Crippen LogP contribution in [0, 0.1) is 0 Å². The van der Waals surface area contributed by atoms with Gasteiger partial charge in [-0.05, 0) is 30.5 Å². The number of carboxylic acid groups (broad SMARTS) is 1. The molecule has 2 N–H and O–H groups in total. The van der Waals surface area contributed by atoms with Crippen LogP contribution in [0.3, 0.4) is 0 Å². The lowest BCUT2D eigenvalue weighted by Gasteiger charge is -2.25. The summed E-state index contributed by atoms with van der Waals surface area (Å²) in [6.45, 7) is 0.284. The number of unbranched alkanes of at least 4 members (excludes halogenated alkanes) is 2. The molecule has 0 spiro atoms. The van der Waals surface area contributed by atoms with Gasteiger partial charge in [-0.2, -0.15) is 0 Å². The van der Waals surface area contributed by atoms with Gasteiger partial charge in [-0.3, -0.25) is 14.4 Å². The van der Waals surface area contributed by atoms with Gasteiger partial charge in [0.15, 0.2) is 0 Å². The van der Waals surface area contributed by atoms with Gasteiger partial charge in [0.1, 0.15) is 11.5 Å². The van der Waals surface area contributed by atoms with E-state index in [2.05, 4.69) is 0 Å². The van der Waals surface area contributed by atoms with Crippen molar-refractivity contribution in [3.8, 4) is 5.75 Å². The predicted molar refractivity (Wildman–Crippen MR) is 115 cm³/mol. The molecule has 0 saturated carbocycles. The van der Waals surface area contributed by atoms with Gasteiger partial charge in [0, 0.05) is 18.5 Å². The number of carboxylic acids is 1. The molecule has 1 amide bonds. The molecule has 0 aromatic heterocycles. The normalized spacial score (nSPS) is 17.7. The Morgan fingerprint density at radius 2 is 1.65 bits per heavy atom. The van der Waals surface area contributed by atoms with Crippen LogP contribution in [0.25, 0.3) is 5.76 Å². The minimum absolute atomic E-state index is 0.0481. The fraction of sp³-hybridized carbons (Fsp3) is 0.292. The van der Waals surface area contributed by atoms with E-state index in [0.29, 0.717) is 36.1 Å². The Balaban J connectivity index is 1.96. The molecule has 1 saturated heterocycles. The van der Waals surface area contributed by atoms with E-state index in [1.54, 1.807) is 61.7 Å². The van der Waals surface area contributed by atoms with Gasteiger partial charge in [-0.25, -0.2) is 0 Å². The molecular weight excluding hydrogens is 398 g/mol. The van der Waals surface area contributed by atoms with Crippen LogP contribution in [0.1, 0.15) is 42.9 Å². The summed E-state index contributed by atoms with van der Waals surface area (Å²) >= 11 is 0. The van der Waals surface area contributed by atoms with Gasteiger partial charge in [0.25, 0.3) is 11.7 Å². The van der Waals surface area contributed by atoms with Gasteiger partial charge >= 0.3 is 5.97 Å². The average molecular weight is 423 g/mol. The van der Waals surface area contributed by atoms with Crippen molar-refractivity contribution in [1.82, 2.24) is 4.90 Å². The van der Waals surface area contributed by atoms with Crippen molar-refractivity contribution in [2.24, 2.45) is 0 Å². The van der Waals surface area contributed by atoms with Gasteiger partial charge in [0.2, 0.25) is 0 Å². The number of aliphatic carboxylic acids is 1. The van der Waals surface area contributed by atoms with Gasteiger partial charge < -0.3 is 19.8 Å². The summed E-state index contributed by atoms with van der Waals surface area (Å²) in [5.41, 5.74) is 1.19. The van der Waals surface area contributed by atoms with Crippen molar-refractivity contribution in [3.63, 3.8) is 0 Å². The molecule has 1 unspecified atom stereocenters. The van der Waals surface area contributed by atoms with Gasteiger partial charge in [-0.15, -0.1) is 0 Å². The lowest BCUT2D eigenvalue weighted by atomic mass is 9.95. The topological polar surface area (TPSA) is 104 Å². The second kappa shape index (κ2) is 9.93. The van der Waals surface area contributed by atoms with E-state index in [4.69, 9.17) is 9.84 Å². The Kier molecular flexibility index (Phi) is 7.07. The van der Waals surface area contributed by atoms with Crippen LogP contribution in [0.4, 0.5) is 0 Å². The van der Waals surface area contributed by atoms with Crippen LogP contribution in [-0.4, -0.2) is 46.4 Å². The lowest BCUT2D eigenvalue weighted by molar-refractivity contribution is -0.140. The maximum atomic E-state index is 12.9. The molecule has 1 atom stereocenters. The number of hydrogen-bond acceptors (Lipinski definition) is 5. The van der Waals surface area contributed by atoms with Crippen LogP contribution in [0.5, 0.6) is 5.75 Å². The molecule has 31 heavy (non-hydrogen) atoms. The highest BCUT2D eigenvalue weighted by atomic mass is 16.5. The number of carbonyl (C=O) groups excluding carboxylic acids is 2. The van der Waals surface area contributed by atoms with Crippen molar-refractivity contribution in [3.05, 3.63) is 71.3 Å². The monoisotopic (exact) mass is 423 g/mol. The minimum Gasteiger partial charge on any atom is -0.507 e. The second-order valence-corrected chi connectivity index (χ2v) is 7.34. The Hall–Kier alpha value is -3.61. The van der Waals surface area contributed by atoms with Crippen molar-refractivity contribution >= 4 is 23.4 Å². The molecule has 0 aliphatic carbocycles. The van der Waals surface area contributed by atoms with Crippen molar-refractivity contribution in [2.45, 2.75) is 31.7 Å². The van der Waals surface area contributed by atoms with Gasteiger partial charge in [-0.1, -0.05) is 48.9 Å². The highest BCUT2D eigenvalue weighted by Crippen LogP contribution is 2.39. The number of carbonyl (C=O) groups is 3. The van der Waals surface area contributed by atoms with Crippen molar-refractivity contribution < 1.29 is 29.3 Å². The van der Waals surface area contributed by atoms with Crippen LogP contribution >= 0.6 is 0 Å². The third-order valence-corrected chi connectivity index (χ3v) is 5.31. The molecule has 0 bridgehead atoms. The number of hydrogen-bond donors (Lipinski definition) is 2. The summed E-state index contributed by atoms with van der Waals surface area (Å²) in [5, 5.41) is 19.7. The zero-order chi connectivity index (χ0) is 22.4. The van der Waals surface area contributed by atoms with E-state index in [-0.39, 0.29) is 24.3 Å². The SMILES string of the molecule is COc1ccc(C2/C(=C(\O)c3ccccc3)C(=O)C(=O)N2CCCCCC(=O)O)cc1. The highest BCUT2D eigenvalue weighted by molar-refractivity contribution is 6.46. The number of likely N-dealkylation sites (tertiary alicyclic amines) is 1. The number of rotatable bonds is 9. The first-order valence-electron chi connectivity index (χ1n) is 10.1. The first kappa shape index (κ1) is 22.1. The van der Waals surface area contributed by atoms with Gasteiger partial charge in [0.05, 0.1) is 18.7 Å². The van der Waals surface area contributed by atoms with Crippen LogP contribution in [-0.2, 0) is 14.4 Å². The molecule has 7 heteroatoms. The molecule has 1 fully saturated rings. The average Bonchev–Trinajstić information content (AvgIpc) is 3.03. The second-order valence-electron chi connectivity index (χ2n) is 7.34. The summed E-state index contributed by atoms with van der Waals surface area (Å²) in [4.78, 5) is 37.9. The molecule has 3 rings (SSSR count). The third-order valence-electron chi connectivity index (χ3n) is 5.31. The number of benzene rings is 2. The van der Waals surface area contributed by atoms with Crippen LogP contribution in [0.15, 0.2) is 60.2 Å². The number of methoxy groups -OCH3 is 1. The van der Waals surface area contributed by atoms with E-state index in [1.807, 2.05) is 0 Å². The molecule has 2 aromatic rings. The number of nitrogens with zero attached hydrogens (tertiary/aromatic N) is 1. The third kappa shape index (κ3) is 4.94. The van der Waals surface area contributed by atoms with E-state index < -0.39 is 23.7 Å². The smallest absolute Gasteiger partial charge is 0.303 e. The zero-order valence-electron chi connectivity index (χ0n) is 17.3. The minimum atomic E-state index is -0.860. The zero-order valence-corrected chi connectivity index (χ0v) is 17.3. The number of ether oxygens (including phenoxy) is 1. The standard InChI is InChI=1S/C24H25NO6/c1-31-18-13-11-16(12-14-18)21-20(22(28)17-8-4-2-5-9-17)23(29)24(30)25(21)15-7-3-6-10-19(26)27/h2,4-5,8-9,11-14,21,28H,3,6-7,10,15H2,1H3,(H,26,27)/b22-20+. The fourth-order valence-electron chi connectivity index (χ4n) is 3.73. The molecule has 1 aliphatic rings. The van der Waals surface area contributed by atoms with Crippen LogP contribution in [0.2, 0.25) is 0 Å².